The van der Waals surface area contributed by atoms with Gasteiger partial charge in [-0.05, 0) is 49.8 Å². The van der Waals surface area contributed by atoms with Crippen LogP contribution in [0.25, 0.3) is 11.3 Å². The summed E-state index contributed by atoms with van der Waals surface area (Å²) in [5.41, 5.74) is 3.21. The topological polar surface area (TPSA) is 63.1 Å². The summed E-state index contributed by atoms with van der Waals surface area (Å²) < 4.78 is 1.96. The van der Waals surface area contributed by atoms with Crippen molar-refractivity contribution in [1.29, 1.82) is 0 Å². The Morgan fingerprint density at radius 1 is 1.29 bits per heavy atom. The largest absolute Gasteiger partial charge is 0.353 e. The van der Waals surface area contributed by atoms with Crippen LogP contribution in [-0.4, -0.2) is 44.7 Å². The highest BCUT2D eigenvalue weighted by molar-refractivity contribution is 5.76. The Balaban J connectivity index is 1.26. The average molecular weight is 380 g/mol. The van der Waals surface area contributed by atoms with E-state index in [1.807, 2.05) is 30.1 Å². The Bertz CT molecular complexity index is 821. The minimum Gasteiger partial charge on any atom is -0.353 e. The van der Waals surface area contributed by atoms with Gasteiger partial charge in [-0.3, -0.25) is 19.4 Å². The summed E-state index contributed by atoms with van der Waals surface area (Å²) in [6, 6.07) is 6.44. The fourth-order valence-corrected chi connectivity index (χ4v) is 4.16. The van der Waals surface area contributed by atoms with Crippen LogP contribution in [0.5, 0.6) is 0 Å². The Hall–Kier alpha value is -2.47. The Morgan fingerprint density at radius 3 is 2.86 bits per heavy atom. The van der Waals surface area contributed by atoms with Crippen LogP contribution < -0.4 is 5.32 Å². The number of nitrogens with zero attached hydrogens (tertiary/aromatic N) is 4. The van der Waals surface area contributed by atoms with E-state index < -0.39 is 0 Å². The maximum atomic E-state index is 12.2. The third-order valence-corrected chi connectivity index (χ3v) is 5.83. The van der Waals surface area contributed by atoms with Gasteiger partial charge in [0.05, 0.1) is 11.4 Å². The standard InChI is InChI=1S/C22H29N5O/c1-26-20(14-21(25-26)18-7-4-10-23-15-18)16-27-11-8-19(9-12-27)24-22(28)13-17-5-2-3-6-17/h2,4-5,7,10,14-15,17,19H,3,6,8-9,11-13,16H2,1H3,(H,24,28)/t17-/m1/s1. The van der Waals surface area contributed by atoms with Gasteiger partial charge in [-0.1, -0.05) is 12.2 Å². The predicted molar refractivity (Wildman–Crippen MR) is 109 cm³/mol. The lowest BCUT2D eigenvalue weighted by molar-refractivity contribution is -0.122. The van der Waals surface area contributed by atoms with E-state index in [4.69, 9.17) is 0 Å². The quantitative estimate of drug-likeness (QED) is 0.784. The number of aromatic nitrogens is 3. The van der Waals surface area contributed by atoms with Gasteiger partial charge < -0.3 is 5.32 Å². The van der Waals surface area contributed by atoms with Crippen LogP contribution in [0.15, 0.2) is 42.7 Å². The normalized spacial score (nSPS) is 20.5. The van der Waals surface area contributed by atoms with Gasteiger partial charge in [0.15, 0.2) is 0 Å². The maximum Gasteiger partial charge on any atom is 0.220 e. The molecule has 0 aromatic carbocycles. The van der Waals surface area contributed by atoms with Gasteiger partial charge in [-0.2, -0.15) is 5.10 Å². The number of carbonyl (C=O) groups is 1. The van der Waals surface area contributed by atoms with Gasteiger partial charge in [-0.15, -0.1) is 0 Å². The van der Waals surface area contributed by atoms with Crippen LogP contribution in [0, 0.1) is 5.92 Å². The summed E-state index contributed by atoms with van der Waals surface area (Å²) in [5.74, 6) is 0.654. The first-order valence-corrected chi connectivity index (χ1v) is 10.3. The van der Waals surface area contributed by atoms with E-state index in [9.17, 15) is 4.79 Å². The van der Waals surface area contributed by atoms with Gasteiger partial charge in [-0.25, -0.2) is 0 Å². The molecule has 0 bridgehead atoms. The van der Waals surface area contributed by atoms with Crippen molar-refractivity contribution in [2.45, 2.75) is 44.7 Å². The molecule has 6 heteroatoms. The molecule has 1 N–H and O–H groups in total. The second-order valence-electron chi connectivity index (χ2n) is 7.97. The minimum atomic E-state index is 0.211. The molecule has 0 spiro atoms. The van der Waals surface area contributed by atoms with E-state index in [-0.39, 0.29) is 5.91 Å². The highest BCUT2D eigenvalue weighted by Crippen LogP contribution is 2.22. The van der Waals surface area contributed by atoms with Gasteiger partial charge in [0.25, 0.3) is 0 Å². The molecule has 1 aliphatic heterocycles. The molecular weight excluding hydrogens is 350 g/mol. The molecule has 1 aliphatic carbocycles. The van der Waals surface area contributed by atoms with E-state index in [2.05, 4.69) is 38.5 Å². The Morgan fingerprint density at radius 2 is 2.14 bits per heavy atom. The second kappa shape index (κ2) is 8.69. The van der Waals surface area contributed by atoms with E-state index in [1.54, 1.807) is 6.20 Å². The molecular formula is C22H29N5O. The molecule has 2 aromatic rings. The van der Waals surface area contributed by atoms with E-state index in [1.165, 1.54) is 5.69 Å². The summed E-state index contributed by atoms with van der Waals surface area (Å²) in [5, 5.41) is 7.88. The molecule has 28 heavy (non-hydrogen) atoms. The zero-order valence-electron chi connectivity index (χ0n) is 16.6. The van der Waals surface area contributed by atoms with Gasteiger partial charge in [0, 0.05) is 57.1 Å². The number of likely N-dealkylation sites (tertiary alicyclic amines) is 1. The predicted octanol–water partition coefficient (Wildman–Crippen LogP) is 2.92. The summed E-state index contributed by atoms with van der Waals surface area (Å²) in [6.45, 7) is 2.89. The van der Waals surface area contributed by atoms with Crippen molar-refractivity contribution in [2.75, 3.05) is 13.1 Å². The summed E-state index contributed by atoms with van der Waals surface area (Å²) >= 11 is 0. The molecule has 0 unspecified atom stereocenters. The molecule has 0 saturated carbocycles. The van der Waals surface area contributed by atoms with Crippen molar-refractivity contribution in [2.24, 2.45) is 13.0 Å². The zero-order valence-corrected chi connectivity index (χ0v) is 16.6. The lowest BCUT2D eigenvalue weighted by Gasteiger charge is -2.32. The molecule has 148 valence electrons. The maximum absolute atomic E-state index is 12.2. The van der Waals surface area contributed by atoms with Gasteiger partial charge in [0.1, 0.15) is 0 Å². The Kier molecular flexibility index (Phi) is 5.86. The van der Waals surface area contributed by atoms with Crippen molar-refractivity contribution in [3.8, 4) is 11.3 Å². The number of rotatable bonds is 6. The van der Waals surface area contributed by atoms with E-state index in [0.717, 1.165) is 56.6 Å². The minimum absolute atomic E-state index is 0.211. The number of hydrogen-bond acceptors (Lipinski definition) is 4. The molecule has 1 saturated heterocycles. The molecule has 1 fully saturated rings. The summed E-state index contributed by atoms with van der Waals surface area (Å²) in [7, 11) is 2.00. The summed E-state index contributed by atoms with van der Waals surface area (Å²) in [6.07, 6.45) is 12.9. The molecule has 1 amide bonds. The SMILES string of the molecule is Cn1nc(-c2cccnc2)cc1CN1CCC(NC(=O)C[C@@H]2C=CCC2)CC1. The molecule has 6 nitrogen and oxygen atoms in total. The van der Waals surface area contributed by atoms with Gasteiger partial charge in [0.2, 0.25) is 5.91 Å². The van der Waals surface area contributed by atoms with Crippen molar-refractivity contribution < 1.29 is 4.79 Å². The lowest BCUT2D eigenvalue weighted by atomic mass is 10.0. The number of amides is 1. The highest BCUT2D eigenvalue weighted by Gasteiger charge is 2.23. The fourth-order valence-electron chi connectivity index (χ4n) is 4.16. The van der Waals surface area contributed by atoms with E-state index >= 15 is 0 Å². The monoisotopic (exact) mass is 379 g/mol. The lowest BCUT2D eigenvalue weighted by Crippen LogP contribution is -2.44. The van der Waals surface area contributed by atoms with Crippen molar-refractivity contribution >= 4 is 5.91 Å². The third kappa shape index (κ3) is 4.68. The number of allylic oxidation sites excluding steroid dienone is 2. The van der Waals surface area contributed by atoms with E-state index in [0.29, 0.717) is 18.4 Å². The van der Waals surface area contributed by atoms with Gasteiger partial charge >= 0.3 is 0 Å². The highest BCUT2D eigenvalue weighted by atomic mass is 16.1. The molecule has 0 radical (unpaired) electrons. The van der Waals surface area contributed by atoms with Crippen molar-refractivity contribution in [3.63, 3.8) is 0 Å². The van der Waals surface area contributed by atoms with Crippen LogP contribution in [-0.2, 0) is 18.4 Å². The molecule has 2 aromatic heterocycles. The van der Waals surface area contributed by atoms with Crippen LogP contribution in [0.4, 0.5) is 0 Å². The van der Waals surface area contributed by atoms with Crippen LogP contribution in [0.2, 0.25) is 0 Å². The number of carbonyl (C=O) groups excluding carboxylic acids is 1. The molecule has 4 rings (SSSR count). The second-order valence-corrected chi connectivity index (χ2v) is 7.97. The number of piperidine rings is 1. The zero-order chi connectivity index (χ0) is 19.3. The fraction of sp³-hybridized carbons (Fsp3) is 0.500. The third-order valence-electron chi connectivity index (χ3n) is 5.83. The molecule has 1 atom stereocenters. The number of pyridine rings is 1. The first-order valence-electron chi connectivity index (χ1n) is 10.3. The van der Waals surface area contributed by atoms with Crippen LogP contribution in [0.1, 0.15) is 37.8 Å². The number of hydrogen-bond donors (Lipinski definition) is 1. The average Bonchev–Trinajstić information content (AvgIpc) is 3.34. The first kappa shape index (κ1) is 18.9. The smallest absolute Gasteiger partial charge is 0.220 e. The number of aryl methyl sites for hydroxylation is 1. The number of nitrogens with one attached hydrogen (secondary N) is 1. The Labute approximate surface area is 166 Å². The molecule has 2 aliphatic rings. The summed E-state index contributed by atoms with van der Waals surface area (Å²) in [4.78, 5) is 18.9. The first-order chi connectivity index (χ1) is 13.7. The molecule has 3 heterocycles. The van der Waals surface area contributed by atoms with Crippen LogP contribution >= 0.6 is 0 Å². The van der Waals surface area contributed by atoms with Crippen molar-refractivity contribution in [1.82, 2.24) is 25.0 Å². The van der Waals surface area contributed by atoms with Crippen LogP contribution in [0.3, 0.4) is 0 Å². The van der Waals surface area contributed by atoms with Crippen molar-refractivity contribution in [3.05, 3.63) is 48.4 Å².